The number of rotatable bonds is 4. The number of piperidine rings is 1. The second-order valence-electron chi connectivity index (χ2n) is 6.21. The van der Waals surface area contributed by atoms with Crippen molar-refractivity contribution in [3.63, 3.8) is 0 Å². The number of carbonyl (C=O) groups excluding carboxylic acids is 2. The predicted molar refractivity (Wildman–Crippen MR) is 85.7 cm³/mol. The molecule has 0 aromatic heterocycles. The highest BCUT2D eigenvalue weighted by atomic mass is 16.2. The van der Waals surface area contributed by atoms with Crippen molar-refractivity contribution in [3.05, 3.63) is 29.3 Å². The van der Waals surface area contributed by atoms with E-state index >= 15 is 0 Å². The van der Waals surface area contributed by atoms with Crippen LogP contribution >= 0.6 is 0 Å². The van der Waals surface area contributed by atoms with Gasteiger partial charge >= 0.3 is 0 Å². The third-order valence-electron chi connectivity index (χ3n) is 4.69. The molecule has 1 aromatic rings. The van der Waals surface area contributed by atoms with Crippen LogP contribution in [0.15, 0.2) is 18.2 Å². The molecule has 0 aliphatic carbocycles. The van der Waals surface area contributed by atoms with Crippen molar-refractivity contribution in [3.8, 4) is 0 Å². The van der Waals surface area contributed by atoms with E-state index in [1.807, 2.05) is 23.1 Å². The SMILES string of the molecule is CCC(C)Nc1cccc2c1CN(C1CCC(=O)NC1)C2=O. The van der Waals surface area contributed by atoms with Crippen LogP contribution in [0, 0.1) is 0 Å². The van der Waals surface area contributed by atoms with Gasteiger partial charge in [-0.05, 0) is 31.9 Å². The summed E-state index contributed by atoms with van der Waals surface area (Å²) in [6.07, 6.45) is 2.29. The molecule has 118 valence electrons. The lowest BCUT2D eigenvalue weighted by molar-refractivity contribution is -0.123. The Hall–Kier alpha value is -2.04. The van der Waals surface area contributed by atoms with Crippen molar-refractivity contribution in [2.45, 2.75) is 51.7 Å². The molecule has 0 saturated carbocycles. The van der Waals surface area contributed by atoms with Gasteiger partial charge in [-0.3, -0.25) is 9.59 Å². The zero-order valence-corrected chi connectivity index (χ0v) is 13.2. The van der Waals surface area contributed by atoms with Gasteiger partial charge in [0.2, 0.25) is 5.91 Å². The zero-order valence-electron chi connectivity index (χ0n) is 13.2. The number of hydrogen-bond donors (Lipinski definition) is 2. The van der Waals surface area contributed by atoms with Gasteiger partial charge in [-0.25, -0.2) is 0 Å². The second kappa shape index (κ2) is 5.99. The molecule has 5 heteroatoms. The average molecular weight is 301 g/mol. The van der Waals surface area contributed by atoms with E-state index in [1.165, 1.54) is 0 Å². The number of nitrogens with zero attached hydrogens (tertiary/aromatic N) is 1. The van der Waals surface area contributed by atoms with Gasteiger partial charge in [-0.15, -0.1) is 0 Å². The molecular weight excluding hydrogens is 278 g/mol. The maximum Gasteiger partial charge on any atom is 0.254 e. The highest BCUT2D eigenvalue weighted by Gasteiger charge is 2.35. The Kier molecular flexibility index (Phi) is 4.05. The summed E-state index contributed by atoms with van der Waals surface area (Å²) >= 11 is 0. The molecule has 2 aliphatic heterocycles. The molecule has 2 atom stereocenters. The van der Waals surface area contributed by atoms with E-state index in [2.05, 4.69) is 24.5 Å². The molecule has 0 spiro atoms. The van der Waals surface area contributed by atoms with Crippen LogP contribution in [-0.2, 0) is 11.3 Å². The number of benzene rings is 1. The first-order valence-corrected chi connectivity index (χ1v) is 8.06. The standard InChI is InChI=1S/C17H23N3O2/c1-3-11(2)19-15-6-4-5-13-14(15)10-20(17(13)22)12-7-8-16(21)18-9-12/h4-6,11-12,19H,3,7-10H2,1-2H3,(H,18,21). The summed E-state index contributed by atoms with van der Waals surface area (Å²) in [5.41, 5.74) is 2.94. The molecule has 2 unspecified atom stereocenters. The average Bonchev–Trinajstić information content (AvgIpc) is 2.86. The first-order chi connectivity index (χ1) is 10.6. The largest absolute Gasteiger partial charge is 0.382 e. The van der Waals surface area contributed by atoms with Crippen molar-refractivity contribution < 1.29 is 9.59 Å². The lowest BCUT2D eigenvalue weighted by atomic mass is 10.1. The predicted octanol–water partition coefficient (Wildman–Crippen LogP) is 2.13. The van der Waals surface area contributed by atoms with Crippen molar-refractivity contribution >= 4 is 17.5 Å². The molecule has 2 heterocycles. The Morgan fingerprint density at radius 2 is 2.23 bits per heavy atom. The first-order valence-electron chi connectivity index (χ1n) is 8.06. The Labute approximate surface area is 131 Å². The van der Waals surface area contributed by atoms with Gasteiger partial charge in [0.25, 0.3) is 5.91 Å². The third-order valence-corrected chi connectivity index (χ3v) is 4.69. The molecule has 22 heavy (non-hydrogen) atoms. The van der Waals surface area contributed by atoms with Gasteiger partial charge in [0.15, 0.2) is 0 Å². The monoisotopic (exact) mass is 301 g/mol. The number of anilines is 1. The minimum absolute atomic E-state index is 0.0829. The van der Waals surface area contributed by atoms with E-state index in [1.54, 1.807) is 0 Å². The maximum atomic E-state index is 12.7. The molecule has 5 nitrogen and oxygen atoms in total. The van der Waals surface area contributed by atoms with E-state index in [9.17, 15) is 9.59 Å². The number of hydrogen-bond acceptors (Lipinski definition) is 3. The van der Waals surface area contributed by atoms with E-state index in [0.717, 1.165) is 29.7 Å². The fourth-order valence-electron chi connectivity index (χ4n) is 3.14. The smallest absolute Gasteiger partial charge is 0.254 e. The quantitative estimate of drug-likeness (QED) is 0.895. The van der Waals surface area contributed by atoms with Crippen molar-refractivity contribution in [1.82, 2.24) is 10.2 Å². The minimum atomic E-state index is 0.0829. The van der Waals surface area contributed by atoms with Crippen LogP contribution in [0.5, 0.6) is 0 Å². The summed E-state index contributed by atoms with van der Waals surface area (Å²) in [5.74, 6) is 0.170. The molecule has 2 amide bonds. The van der Waals surface area contributed by atoms with Crippen molar-refractivity contribution in [1.29, 1.82) is 0 Å². The summed E-state index contributed by atoms with van der Waals surface area (Å²) in [7, 11) is 0. The lowest BCUT2D eigenvalue weighted by Crippen LogP contribution is -2.48. The number of nitrogens with one attached hydrogen (secondary N) is 2. The Balaban J connectivity index is 1.81. The van der Waals surface area contributed by atoms with E-state index in [0.29, 0.717) is 25.6 Å². The molecule has 2 N–H and O–H groups in total. The molecule has 1 fully saturated rings. The summed E-state index contributed by atoms with van der Waals surface area (Å²) < 4.78 is 0. The Morgan fingerprint density at radius 1 is 1.41 bits per heavy atom. The van der Waals surface area contributed by atoms with Gasteiger partial charge in [-0.1, -0.05) is 13.0 Å². The van der Waals surface area contributed by atoms with Crippen LogP contribution in [-0.4, -0.2) is 35.3 Å². The first kappa shape index (κ1) is 14.9. The summed E-state index contributed by atoms with van der Waals surface area (Å²) in [4.78, 5) is 25.9. The fraction of sp³-hybridized carbons (Fsp3) is 0.529. The summed E-state index contributed by atoms with van der Waals surface area (Å²) in [6, 6.07) is 6.37. The number of fused-ring (bicyclic) bond motifs is 1. The zero-order chi connectivity index (χ0) is 15.7. The van der Waals surface area contributed by atoms with Gasteiger partial charge < -0.3 is 15.5 Å². The molecule has 0 bridgehead atoms. The van der Waals surface area contributed by atoms with Gasteiger partial charge in [0, 0.05) is 42.4 Å². The van der Waals surface area contributed by atoms with Gasteiger partial charge in [-0.2, -0.15) is 0 Å². The fourth-order valence-corrected chi connectivity index (χ4v) is 3.14. The molecule has 1 saturated heterocycles. The molecule has 2 aliphatic rings. The molecule has 0 radical (unpaired) electrons. The normalized spacial score (nSPS) is 22.3. The second-order valence-corrected chi connectivity index (χ2v) is 6.21. The lowest BCUT2D eigenvalue weighted by Gasteiger charge is -2.31. The van der Waals surface area contributed by atoms with Crippen LogP contribution < -0.4 is 10.6 Å². The number of amides is 2. The van der Waals surface area contributed by atoms with Crippen molar-refractivity contribution in [2.24, 2.45) is 0 Å². The summed E-state index contributed by atoms with van der Waals surface area (Å²) in [6.45, 7) is 5.48. The van der Waals surface area contributed by atoms with E-state index in [4.69, 9.17) is 0 Å². The molecular formula is C17H23N3O2. The van der Waals surface area contributed by atoms with Crippen LogP contribution in [0.1, 0.15) is 49.0 Å². The van der Waals surface area contributed by atoms with Gasteiger partial charge in [0.1, 0.15) is 0 Å². The molecule has 1 aromatic carbocycles. The van der Waals surface area contributed by atoms with Crippen LogP contribution in [0.25, 0.3) is 0 Å². The van der Waals surface area contributed by atoms with Gasteiger partial charge in [0.05, 0.1) is 6.04 Å². The topological polar surface area (TPSA) is 61.4 Å². The minimum Gasteiger partial charge on any atom is -0.382 e. The highest BCUT2D eigenvalue weighted by molar-refractivity contribution is 6.00. The molecule has 3 rings (SSSR count). The van der Waals surface area contributed by atoms with Crippen LogP contribution in [0.4, 0.5) is 5.69 Å². The summed E-state index contributed by atoms with van der Waals surface area (Å²) in [5, 5.41) is 6.36. The highest BCUT2D eigenvalue weighted by Crippen LogP contribution is 2.32. The van der Waals surface area contributed by atoms with Crippen molar-refractivity contribution in [2.75, 3.05) is 11.9 Å². The van der Waals surface area contributed by atoms with E-state index < -0.39 is 0 Å². The van der Waals surface area contributed by atoms with Crippen LogP contribution in [0.3, 0.4) is 0 Å². The number of carbonyl (C=O) groups is 2. The maximum absolute atomic E-state index is 12.7. The van der Waals surface area contributed by atoms with E-state index in [-0.39, 0.29) is 17.9 Å². The van der Waals surface area contributed by atoms with Crippen LogP contribution in [0.2, 0.25) is 0 Å². The Morgan fingerprint density at radius 3 is 2.91 bits per heavy atom. The Bertz CT molecular complexity index is 590. The third kappa shape index (κ3) is 2.67.